The minimum absolute atomic E-state index is 0.430. The molecule has 3 N–H and O–H groups in total. The summed E-state index contributed by atoms with van der Waals surface area (Å²) in [6, 6.07) is 0. The molecule has 0 aliphatic heterocycles. The molecule has 0 aliphatic carbocycles. The van der Waals surface area contributed by atoms with Crippen LogP contribution in [0.4, 0.5) is 11.8 Å². The molecular weight excluding hydrogens is 148 g/mol. The highest BCUT2D eigenvalue weighted by Crippen LogP contribution is 2.02. The van der Waals surface area contributed by atoms with E-state index in [4.69, 9.17) is 0 Å². The van der Waals surface area contributed by atoms with Crippen molar-refractivity contribution < 1.29 is 0 Å². The second-order valence-corrected chi connectivity index (χ2v) is 1.73. The van der Waals surface area contributed by atoms with Crippen LogP contribution in [0.25, 0.3) is 0 Å². The van der Waals surface area contributed by atoms with Crippen LogP contribution in [0.3, 0.4) is 0 Å². The molecule has 0 amide bonds. The summed E-state index contributed by atoms with van der Waals surface area (Å²) in [5, 5.41) is 25.3. The molecule has 0 radical (unpaired) electrons. The quantitative estimate of drug-likeness (QED) is 0.512. The van der Waals surface area contributed by atoms with E-state index in [9.17, 15) is 0 Å². The molecule has 0 aliphatic rings. The van der Waals surface area contributed by atoms with E-state index < -0.39 is 0 Å². The van der Waals surface area contributed by atoms with Gasteiger partial charge in [0.05, 0.1) is 6.20 Å². The van der Waals surface area contributed by atoms with Crippen LogP contribution >= 0.6 is 0 Å². The molecule has 0 saturated heterocycles. The fourth-order valence-electron chi connectivity index (χ4n) is 0.596. The summed E-state index contributed by atoms with van der Waals surface area (Å²) >= 11 is 0. The Morgan fingerprint density at radius 2 is 2.27 bits per heavy atom. The van der Waals surface area contributed by atoms with Gasteiger partial charge in [0, 0.05) is 0 Å². The zero-order chi connectivity index (χ0) is 7.52. The lowest BCUT2D eigenvalue weighted by molar-refractivity contribution is 0.881. The monoisotopic (exact) mass is 152 g/mol. The van der Waals surface area contributed by atoms with Gasteiger partial charge in [0.25, 0.3) is 0 Å². The molecule has 2 aromatic rings. The van der Waals surface area contributed by atoms with Gasteiger partial charge in [-0.15, -0.1) is 5.10 Å². The van der Waals surface area contributed by atoms with E-state index in [1.165, 1.54) is 0 Å². The largest absolute Gasteiger partial charge is 0.305 e. The van der Waals surface area contributed by atoms with Crippen molar-refractivity contribution in [3.63, 3.8) is 0 Å². The van der Waals surface area contributed by atoms with Crippen LogP contribution < -0.4 is 5.32 Å². The fourth-order valence-corrected chi connectivity index (χ4v) is 0.596. The molecule has 2 rings (SSSR count). The highest BCUT2D eigenvalue weighted by molar-refractivity contribution is 5.43. The molecular formula is C3H4N8. The standard InChI is InChI=1S/C3H4N8/c1-2(6-9-4-1)5-3-7-10-11-8-3/h1H,(H3,4,5,6,7,8,9,10,11). The van der Waals surface area contributed by atoms with E-state index in [0.717, 1.165) is 0 Å². The van der Waals surface area contributed by atoms with Gasteiger partial charge < -0.3 is 5.32 Å². The summed E-state index contributed by atoms with van der Waals surface area (Å²) in [5.41, 5.74) is 0. The maximum Gasteiger partial charge on any atom is 0.245 e. The fraction of sp³-hybridized carbons (Fsp3) is 0. The molecule has 11 heavy (non-hydrogen) atoms. The van der Waals surface area contributed by atoms with Crippen molar-refractivity contribution >= 4 is 11.8 Å². The first-order chi connectivity index (χ1) is 5.45. The number of hydrogen-bond acceptors (Lipinski definition) is 6. The summed E-state index contributed by atoms with van der Waals surface area (Å²) in [7, 11) is 0. The lowest BCUT2D eigenvalue weighted by Crippen LogP contribution is -1.92. The third-order valence-corrected chi connectivity index (χ3v) is 1.01. The second kappa shape index (κ2) is 2.33. The van der Waals surface area contributed by atoms with Gasteiger partial charge in [-0.2, -0.15) is 0 Å². The first-order valence-electron chi connectivity index (χ1n) is 2.82. The van der Waals surface area contributed by atoms with Gasteiger partial charge in [0.2, 0.25) is 5.95 Å². The Labute approximate surface area is 60.4 Å². The van der Waals surface area contributed by atoms with Gasteiger partial charge in [-0.3, -0.25) is 5.10 Å². The summed E-state index contributed by atoms with van der Waals surface area (Å²) in [6.07, 6.45) is 1.59. The molecule has 0 aromatic carbocycles. The molecule has 8 nitrogen and oxygen atoms in total. The van der Waals surface area contributed by atoms with E-state index in [2.05, 4.69) is 41.4 Å². The number of tetrazole rings is 1. The van der Waals surface area contributed by atoms with Crippen LogP contribution in [0.2, 0.25) is 0 Å². The van der Waals surface area contributed by atoms with Gasteiger partial charge in [-0.05, 0) is 10.4 Å². The summed E-state index contributed by atoms with van der Waals surface area (Å²) in [5.74, 6) is 0.988. The Balaban J connectivity index is 2.14. The van der Waals surface area contributed by atoms with Crippen molar-refractivity contribution in [3.05, 3.63) is 6.20 Å². The average molecular weight is 152 g/mol. The Hall–Kier alpha value is -1.99. The molecule has 0 saturated carbocycles. The minimum Gasteiger partial charge on any atom is -0.305 e. The van der Waals surface area contributed by atoms with E-state index in [-0.39, 0.29) is 0 Å². The molecule has 8 heteroatoms. The Bertz CT molecular complexity index is 262. The summed E-state index contributed by atoms with van der Waals surface area (Å²) < 4.78 is 0. The third-order valence-electron chi connectivity index (χ3n) is 1.01. The van der Waals surface area contributed by atoms with Crippen LogP contribution in [0.5, 0.6) is 0 Å². The van der Waals surface area contributed by atoms with Crippen LogP contribution in [0.15, 0.2) is 6.20 Å². The van der Waals surface area contributed by atoms with Crippen LogP contribution in [-0.4, -0.2) is 36.0 Å². The molecule has 0 atom stereocenters. The van der Waals surface area contributed by atoms with Gasteiger partial charge in [-0.25, -0.2) is 5.10 Å². The predicted molar refractivity (Wildman–Crippen MR) is 33.8 cm³/mol. The van der Waals surface area contributed by atoms with Crippen molar-refractivity contribution in [2.24, 2.45) is 0 Å². The van der Waals surface area contributed by atoms with Crippen LogP contribution in [0.1, 0.15) is 0 Å². The van der Waals surface area contributed by atoms with Crippen LogP contribution in [-0.2, 0) is 0 Å². The Morgan fingerprint density at radius 3 is 2.91 bits per heavy atom. The highest BCUT2D eigenvalue weighted by Gasteiger charge is 1.97. The number of nitrogens with zero attached hydrogens (tertiary/aromatic N) is 5. The lowest BCUT2D eigenvalue weighted by atomic mass is 10.7. The number of hydrogen-bond donors (Lipinski definition) is 3. The Morgan fingerprint density at radius 1 is 1.27 bits per heavy atom. The SMILES string of the molecule is c1[nH]nnc1Nc1nnn[nH]1. The van der Waals surface area contributed by atoms with E-state index in [1.807, 2.05) is 0 Å². The summed E-state index contributed by atoms with van der Waals surface area (Å²) in [4.78, 5) is 0. The van der Waals surface area contributed by atoms with Crippen molar-refractivity contribution in [2.75, 3.05) is 5.32 Å². The van der Waals surface area contributed by atoms with Crippen molar-refractivity contribution in [1.29, 1.82) is 0 Å². The van der Waals surface area contributed by atoms with Gasteiger partial charge in [0.15, 0.2) is 5.82 Å². The lowest BCUT2D eigenvalue weighted by Gasteiger charge is -1.90. The number of anilines is 2. The van der Waals surface area contributed by atoms with E-state index in [1.54, 1.807) is 6.20 Å². The number of aromatic nitrogens is 7. The molecule has 0 fully saturated rings. The van der Waals surface area contributed by atoms with E-state index >= 15 is 0 Å². The predicted octanol–water partition coefficient (Wildman–Crippen LogP) is -0.939. The van der Waals surface area contributed by atoms with Gasteiger partial charge in [-0.1, -0.05) is 10.3 Å². The molecule has 0 spiro atoms. The molecule has 0 unspecified atom stereocenters. The molecule has 56 valence electrons. The van der Waals surface area contributed by atoms with Crippen molar-refractivity contribution in [3.8, 4) is 0 Å². The number of aromatic amines is 2. The highest BCUT2D eigenvalue weighted by atomic mass is 15.5. The zero-order valence-electron chi connectivity index (χ0n) is 5.31. The van der Waals surface area contributed by atoms with Crippen molar-refractivity contribution in [2.45, 2.75) is 0 Å². The van der Waals surface area contributed by atoms with Gasteiger partial charge >= 0.3 is 0 Å². The summed E-state index contributed by atoms with van der Waals surface area (Å²) in [6.45, 7) is 0. The number of H-pyrrole nitrogens is 2. The first kappa shape index (κ1) is 5.77. The maximum absolute atomic E-state index is 3.66. The maximum atomic E-state index is 3.66. The number of rotatable bonds is 2. The Kier molecular flexibility index (Phi) is 1.22. The smallest absolute Gasteiger partial charge is 0.245 e. The topological polar surface area (TPSA) is 108 Å². The van der Waals surface area contributed by atoms with E-state index in [0.29, 0.717) is 11.8 Å². The van der Waals surface area contributed by atoms with Crippen molar-refractivity contribution in [1.82, 2.24) is 36.0 Å². The average Bonchev–Trinajstić information content (AvgIpc) is 2.60. The van der Waals surface area contributed by atoms with Gasteiger partial charge in [0.1, 0.15) is 0 Å². The molecule has 0 bridgehead atoms. The zero-order valence-corrected chi connectivity index (χ0v) is 5.31. The second-order valence-electron chi connectivity index (χ2n) is 1.73. The minimum atomic E-state index is 0.430. The van der Waals surface area contributed by atoms with Crippen LogP contribution in [0, 0.1) is 0 Å². The molecule has 2 heterocycles. The third kappa shape index (κ3) is 1.13. The number of nitrogens with one attached hydrogen (secondary N) is 3. The normalized spacial score (nSPS) is 9.82. The first-order valence-corrected chi connectivity index (χ1v) is 2.82. The molecule has 2 aromatic heterocycles.